The van der Waals surface area contributed by atoms with E-state index in [2.05, 4.69) is 13.2 Å². The van der Waals surface area contributed by atoms with Crippen LogP contribution in [0.15, 0.2) is 25.3 Å². The summed E-state index contributed by atoms with van der Waals surface area (Å²) in [6.07, 6.45) is 3.51. The summed E-state index contributed by atoms with van der Waals surface area (Å²) in [5.74, 6) is -0.122. The molecule has 0 rings (SSSR count). The zero-order valence-electron chi connectivity index (χ0n) is 7.20. The van der Waals surface area contributed by atoms with Gasteiger partial charge in [0, 0.05) is 19.7 Å². The number of amides is 1. The molecule has 0 aromatic heterocycles. The molecule has 0 bridgehead atoms. The second-order valence-electron chi connectivity index (χ2n) is 2.35. The Morgan fingerprint density at radius 1 is 1.50 bits per heavy atom. The summed E-state index contributed by atoms with van der Waals surface area (Å²) in [5.41, 5.74) is 0. The molecule has 0 aromatic rings. The predicted molar refractivity (Wildman–Crippen MR) is 48.7 cm³/mol. The van der Waals surface area contributed by atoms with Crippen molar-refractivity contribution >= 4 is 5.91 Å². The molecule has 0 heterocycles. The first-order valence-corrected chi connectivity index (χ1v) is 3.89. The first kappa shape index (κ1) is 10.9. The van der Waals surface area contributed by atoms with Crippen LogP contribution in [0.25, 0.3) is 0 Å². The van der Waals surface area contributed by atoms with Gasteiger partial charge >= 0.3 is 0 Å². The molecule has 0 saturated heterocycles. The Hall–Kier alpha value is -1.09. The standard InChI is InChI=1S/C9H15NO2/c1-3-6-10(7-5-8-11)9(12)4-2/h3-4,11H,1-2,5-8H2. The SMILES string of the molecule is C=CCN(CCCO)C(=O)C=C. The number of hydrogen-bond acceptors (Lipinski definition) is 2. The van der Waals surface area contributed by atoms with Gasteiger partial charge in [0.15, 0.2) is 0 Å². The van der Waals surface area contributed by atoms with Gasteiger partial charge in [0.05, 0.1) is 0 Å². The molecule has 1 amide bonds. The van der Waals surface area contributed by atoms with Crippen molar-refractivity contribution < 1.29 is 9.90 Å². The van der Waals surface area contributed by atoms with E-state index in [0.717, 1.165) is 0 Å². The topological polar surface area (TPSA) is 40.5 Å². The van der Waals surface area contributed by atoms with Crippen LogP contribution in [0.4, 0.5) is 0 Å². The minimum Gasteiger partial charge on any atom is -0.396 e. The Morgan fingerprint density at radius 3 is 2.58 bits per heavy atom. The Morgan fingerprint density at radius 2 is 2.17 bits per heavy atom. The Bertz CT molecular complexity index is 166. The van der Waals surface area contributed by atoms with Crippen LogP contribution in [-0.4, -0.2) is 35.6 Å². The van der Waals surface area contributed by atoms with E-state index in [4.69, 9.17) is 5.11 Å². The summed E-state index contributed by atoms with van der Waals surface area (Å²) >= 11 is 0. The summed E-state index contributed by atoms with van der Waals surface area (Å²) in [7, 11) is 0. The van der Waals surface area contributed by atoms with Gasteiger partial charge in [-0.15, -0.1) is 6.58 Å². The number of aliphatic hydroxyl groups excluding tert-OH is 1. The molecule has 0 atom stereocenters. The molecule has 68 valence electrons. The molecule has 0 aliphatic rings. The first-order chi connectivity index (χ1) is 5.76. The van der Waals surface area contributed by atoms with Crippen molar-refractivity contribution in [2.24, 2.45) is 0 Å². The maximum absolute atomic E-state index is 11.1. The van der Waals surface area contributed by atoms with E-state index in [0.29, 0.717) is 19.5 Å². The van der Waals surface area contributed by atoms with Gasteiger partial charge in [-0.3, -0.25) is 4.79 Å². The molecule has 0 radical (unpaired) electrons. The summed E-state index contributed by atoms with van der Waals surface area (Å²) < 4.78 is 0. The molecule has 1 N–H and O–H groups in total. The van der Waals surface area contributed by atoms with Crippen LogP contribution in [0.3, 0.4) is 0 Å². The molecule has 3 nitrogen and oxygen atoms in total. The van der Waals surface area contributed by atoms with Gasteiger partial charge in [-0.25, -0.2) is 0 Å². The minimum atomic E-state index is -0.122. The molecular formula is C9H15NO2. The second kappa shape index (κ2) is 6.61. The zero-order chi connectivity index (χ0) is 9.40. The Balaban J connectivity index is 3.92. The van der Waals surface area contributed by atoms with E-state index in [1.54, 1.807) is 11.0 Å². The van der Waals surface area contributed by atoms with Crippen molar-refractivity contribution in [3.8, 4) is 0 Å². The highest BCUT2D eigenvalue weighted by molar-refractivity contribution is 5.87. The number of aliphatic hydroxyl groups is 1. The molecule has 0 aliphatic carbocycles. The molecule has 0 aliphatic heterocycles. The van der Waals surface area contributed by atoms with Crippen molar-refractivity contribution in [3.63, 3.8) is 0 Å². The average molecular weight is 169 g/mol. The minimum absolute atomic E-state index is 0.0953. The van der Waals surface area contributed by atoms with Gasteiger partial charge < -0.3 is 10.0 Å². The molecule has 0 spiro atoms. The summed E-state index contributed by atoms with van der Waals surface area (Å²) in [6.45, 7) is 8.07. The maximum Gasteiger partial charge on any atom is 0.246 e. The summed E-state index contributed by atoms with van der Waals surface area (Å²) in [6, 6.07) is 0. The van der Waals surface area contributed by atoms with Crippen molar-refractivity contribution in [3.05, 3.63) is 25.3 Å². The lowest BCUT2D eigenvalue weighted by Crippen LogP contribution is -2.30. The van der Waals surface area contributed by atoms with Crippen molar-refractivity contribution in [1.29, 1.82) is 0 Å². The third-order valence-corrected chi connectivity index (χ3v) is 1.42. The van der Waals surface area contributed by atoms with Crippen LogP contribution < -0.4 is 0 Å². The lowest BCUT2D eigenvalue weighted by atomic mass is 10.3. The fourth-order valence-electron chi connectivity index (χ4n) is 0.838. The summed E-state index contributed by atoms with van der Waals surface area (Å²) in [5, 5.41) is 8.55. The lowest BCUT2D eigenvalue weighted by molar-refractivity contribution is -0.125. The smallest absolute Gasteiger partial charge is 0.246 e. The largest absolute Gasteiger partial charge is 0.396 e. The van der Waals surface area contributed by atoms with E-state index >= 15 is 0 Å². The lowest BCUT2D eigenvalue weighted by Gasteiger charge is -2.18. The number of carbonyl (C=O) groups excluding carboxylic acids is 1. The van der Waals surface area contributed by atoms with Crippen LogP contribution in [0, 0.1) is 0 Å². The van der Waals surface area contributed by atoms with E-state index in [1.165, 1.54) is 6.08 Å². The number of rotatable bonds is 6. The summed E-state index contributed by atoms with van der Waals surface area (Å²) in [4.78, 5) is 12.7. The van der Waals surface area contributed by atoms with Crippen LogP contribution in [0.5, 0.6) is 0 Å². The third kappa shape index (κ3) is 3.93. The highest BCUT2D eigenvalue weighted by atomic mass is 16.3. The van der Waals surface area contributed by atoms with Gasteiger partial charge in [0.25, 0.3) is 0 Å². The Labute approximate surface area is 73.0 Å². The Kier molecular flexibility index (Phi) is 6.01. The van der Waals surface area contributed by atoms with E-state index in [-0.39, 0.29) is 12.5 Å². The van der Waals surface area contributed by atoms with Crippen LogP contribution in [0.1, 0.15) is 6.42 Å². The van der Waals surface area contributed by atoms with Gasteiger partial charge in [0.1, 0.15) is 0 Å². The zero-order valence-corrected chi connectivity index (χ0v) is 7.20. The van der Waals surface area contributed by atoms with Gasteiger partial charge in [0.2, 0.25) is 5.91 Å². The van der Waals surface area contributed by atoms with E-state index in [1.807, 2.05) is 0 Å². The average Bonchev–Trinajstić information content (AvgIpc) is 2.11. The molecule has 0 saturated carbocycles. The van der Waals surface area contributed by atoms with Gasteiger partial charge in [-0.1, -0.05) is 12.7 Å². The van der Waals surface area contributed by atoms with E-state index in [9.17, 15) is 4.79 Å². The van der Waals surface area contributed by atoms with Crippen molar-refractivity contribution in [1.82, 2.24) is 4.90 Å². The third-order valence-electron chi connectivity index (χ3n) is 1.42. The van der Waals surface area contributed by atoms with Crippen LogP contribution in [-0.2, 0) is 4.79 Å². The highest BCUT2D eigenvalue weighted by Gasteiger charge is 2.06. The number of carbonyl (C=O) groups is 1. The highest BCUT2D eigenvalue weighted by Crippen LogP contribution is 1.93. The normalized spacial score (nSPS) is 9.08. The fraction of sp³-hybridized carbons (Fsp3) is 0.444. The van der Waals surface area contributed by atoms with Crippen LogP contribution in [0.2, 0.25) is 0 Å². The molecule has 0 aromatic carbocycles. The molecule has 0 unspecified atom stereocenters. The van der Waals surface area contributed by atoms with Crippen molar-refractivity contribution in [2.45, 2.75) is 6.42 Å². The molecular weight excluding hydrogens is 154 g/mol. The molecule has 3 heteroatoms. The number of nitrogens with zero attached hydrogens (tertiary/aromatic N) is 1. The van der Waals surface area contributed by atoms with Gasteiger partial charge in [-0.2, -0.15) is 0 Å². The molecule has 0 fully saturated rings. The number of hydrogen-bond donors (Lipinski definition) is 1. The van der Waals surface area contributed by atoms with Crippen LogP contribution >= 0.6 is 0 Å². The second-order valence-corrected chi connectivity index (χ2v) is 2.35. The van der Waals surface area contributed by atoms with E-state index < -0.39 is 0 Å². The first-order valence-electron chi connectivity index (χ1n) is 3.89. The quantitative estimate of drug-likeness (QED) is 0.466. The van der Waals surface area contributed by atoms with Crippen molar-refractivity contribution in [2.75, 3.05) is 19.7 Å². The fourth-order valence-corrected chi connectivity index (χ4v) is 0.838. The maximum atomic E-state index is 11.1. The monoisotopic (exact) mass is 169 g/mol. The molecule has 12 heavy (non-hydrogen) atoms. The van der Waals surface area contributed by atoms with Gasteiger partial charge in [-0.05, 0) is 12.5 Å². The predicted octanol–water partition coefficient (Wildman–Crippen LogP) is 0.569.